The van der Waals surface area contributed by atoms with Crippen molar-refractivity contribution in [2.45, 2.75) is 52.1 Å². The van der Waals surface area contributed by atoms with Crippen LogP contribution in [0.25, 0.3) is 0 Å². The molecule has 0 saturated heterocycles. The van der Waals surface area contributed by atoms with Gasteiger partial charge in [-0.2, -0.15) is 15.0 Å². The molecule has 2 N–H and O–H groups in total. The summed E-state index contributed by atoms with van der Waals surface area (Å²) in [4.78, 5) is 14.0. The van der Waals surface area contributed by atoms with Crippen LogP contribution in [0.15, 0.2) is 0 Å². The van der Waals surface area contributed by atoms with Gasteiger partial charge in [-0.25, -0.2) is 0 Å². The van der Waals surface area contributed by atoms with E-state index in [1.807, 2.05) is 21.0 Å². The number of unbranched alkanes of at least 4 members (excludes halogenated alkanes) is 3. The molecule has 0 amide bonds. The SMILES string of the molecule is CCCCCCC(C)Oc1nc(N)nc(N(C)C)n1. The van der Waals surface area contributed by atoms with Gasteiger partial charge in [-0.3, -0.25) is 0 Å². The Morgan fingerprint density at radius 3 is 2.53 bits per heavy atom. The van der Waals surface area contributed by atoms with Crippen LogP contribution in [0.5, 0.6) is 6.01 Å². The van der Waals surface area contributed by atoms with Gasteiger partial charge >= 0.3 is 6.01 Å². The van der Waals surface area contributed by atoms with E-state index in [2.05, 4.69) is 21.9 Å². The van der Waals surface area contributed by atoms with Gasteiger partial charge in [0.15, 0.2) is 0 Å². The molecule has 6 nitrogen and oxygen atoms in total. The van der Waals surface area contributed by atoms with Crippen LogP contribution < -0.4 is 15.4 Å². The molecule has 108 valence electrons. The van der Waals surface area contributed by atoms with Crippen LogP contribution in [0.2, 0.25) is 0 Å². The summed E-state index contributed by atoms with van der Waals surface area (Å²) in [7, 11) is 3.71. The van der Waals surface area contributed by atoms with Crippen molar-refractivity contribution in [2.24, 2.45) is 0 Å². The normalized spacial score (nSPS) is 12.2. The number of aromatic nitrogens is 3. The molecule has 0 saturated carbocycles. The maximum Gasteiger partial charge on any atom is 0.323 e. The third-order valence-corrected chi connectivity index (χ3v) is 2.79. The van der Waals surface area contributed by atoms with Crippen LogP contribution in [0.4, 0.5) is 11.9 Å². The fourth-order valence-corrected chi connectivity index (χ4v) is 1.71. The van der Waals surface area contributed by atoms with Crippen LogP contribution in [0, 0.1) is 0 Å². The Balaban J connectivity index is 2.51. The van der Waals surface area contributed by atoms with E-state index in [9.17, 15) is 0 Å². The van der Waals surface area contributed by atoms with E-state index in [1.54, 1.807) is 4.90 Å². The Morgan fingerprint density at radius 1 is 1.16 bits per heavy atom. The summed E-state index contributed by atoms with van der Waals surface area (Å²) in [6.45, 7) is 4.23. The Bertz CT molecular complexity index is 383. The molecule has 19 heavy (non-hydrogen) atoms. The molecule has 1 aromatic heterocycles. The highest BCUT2D eigenvalue weighted by Crippen LogP contribution is 2.14. The topological polar surface area (TPSA) is 77.2 Å². The van der Waals surface area contributed by atoms with Gasteiger partial charge in [0.25, 0.3) is 0 Å². The van der Waals surface area contributed by atoms with E-state index < -0.39 is 0 Å². The molecule has 0 aliphatic carbocycles. The second kappa shape index (κ2) is 7.76. The van der Waals surface area contributed by atoms with Crippen molar-refractivity contribution in [1.29, 1.82) is 0 Å². The van der Waals surface area contributed by atoms with Crippen molar-refractivity contribution in [3.63, 3.8) is 0 Å². The third-order valence-electron chi connectivity index (χ3n) is 2.79. The lowest BCUT2D eigenvalue weighted by molar-refractivity contribution is 0.189. The van der Waals surface area contributed by atoms with Crippen LogP contribution in [0.3, 0.4) is 0 Å². The van der Waals surface area contributed by atoms with E-state index in [0.717, 1.165) is 12.8 Å². The third kappa shape index (κ3) is 5.72. The molecular weight excluding hydrogens is 242 g/mol. The number of ether oxygens (including phenoxy) is 1. The highest BCUT2D eigenvalue weighted by molar-refractivity contribution is 5.33. The number of nitrogens with zero attached hydrogens (tertiary/aromatic N) is 4. The van der Waals surface area contributed by atoms with Gasteiger partial charge in [0.2, 0.25) is 11.9 Å². The molecule has 1 heterocycles. The average molecular weight is 267 g/mol. The van der Waals surface area contributed by atoms with Gasteiger partial charge in [0.1, 0.15) is 0 Å². The van der Waals surface area contributed by atoms with Crippen LogP contribution in [0.1, 0.15) is 46.0 Å². The van der Waals surface area contributed by atoms with Crippen molar-refractivity contribution in [2.75, 3.05) is 24.7 Å². The van der Waals surface area contributed by atoms with Gasteiger partial charge in [-0.05, 0) is 19.8 Å². The molecule has 0 bridgehead atoms. The summed E-state index contributed by atoms with van der Waals surface area (Å²) in [6.07, 6.45) is 6.02. The summed E-state index contributed by atoms with van der Waals surface area (Å²) >= 11 is 0. The number of rotatable bonds is 8. The molecule has 0 fully saturated rings. The maximum atomic E-state index is 5.70. The number of nitrogens with two attached hydrogens (primary N) is 1. The second-order valence-corrected chi connectivity index (χ2v) is 4.95. The van der Waals surface area contributed by atoms with E-state index in [4.69, 9.17) is 10.5 Å². The maximum absolute atomic E-state index is 5.70. The Kier molecular flexibility index (Phi) is 6.32. The standard InChI is InChI=1S/C13H25N5O/c1-5-6-7-8-9-10(2)19-13-16-11(14)15-12(17-13)18(3)4/h10H,5-9H2,1-4H3,(H2,14,15,16,17). The van der Waals surface area contributed by atoms with Gasteiger partial charge in [0, 0.05) is 14.1 Å². The van der Waals surface area contributed by atoms with Crippen LogP contribution in [-0.4, -0.2) is 35.2 Å². The molecule has 6 heteroatoms. The van der Waals surface area contributed by atoms with Crippen LogP contribution in [-0.2, 0) is 0 Å². The first-order valence-corrected chi connectivity index (χ1v) is 6.88. The summed E-state index contributed by atoms with van der Waals surface area (Å²) < 4.78 is 5.70. The summed E-state index contributed by atoms with van der Waals surface area (Å²) in [5.41, 5.74) is 5.64. The molecule has 1 aromatic rings. The summed E-state index contributed by atoms with van der Waals surface area (Å²) in [5.74, 6) is 0.701. The highest BCUT2D eigenvalue weighted by atomic mass is 16.5. The minimum absolute atomic E-state index is 0.0914. The highest BCUT2D eigenvalue weighted by Gasteiger charge is 2.10. The number of nitrogen functional groups attached to an aromatic ring is 1. The molecule has 0 radical (unpaired) electrons. The van der Waals surface area contributed by atoms with Gasteiger partial charge in [-0.1, -0.05) is 26.2 Å². The summed E-state index contributed by atoms with van der Waals surface area (Å²) in [5, 5.41) is 0. The molecule has 0 aliphatic heterocycles. The van der Waals surface area contributed by atoms with E-state index >= 15 is 0 Å². The minimum atomic E-state index is 0.0914. The van der Waals surface area contributed by atoms with Crippen molar-refractivity contribution in [3.05, 3.63) is 0 Å². The lowest BCUT2D eigenvalue weighted by Crippen LogP contribution is -2.18. The van der Waals surface area contributed by atoms with Crippen LogP contribution >= 0.6 is 0 Å². The van der Waals surface area contributed by atoms with Crippen molar-refractivity contribution in [1.82, 2.24) is 15.0 Å². The number of anilines is 2. The average Bonchev–Trinajstić information content (AvgIpc) is 2.34. The fourth-order valence-electron chi connectivity index (χ4n) is 1.71. The lowest BCUT2D eigenvalue weighted by Gasteiger charge is -2.15. The van der Waals surface area contributed by atoms with E-state index in [-0.39, 0.29) is 12.1 Å². The Morgan fingerprint density at radius 2 is 1.89 bits per heavy atom. The quantitative estimate of drug-likeness (QED) is 0.728. The monoisotopic (exact) mass is 267 g/mol. The first-order valence-electron chi connectivity index (χ1n) is 6.88. The molecule has 0 spiro atoms. The zero-order valence-electron chi connectivity index (χ0n) is 12.4. The molecule has 0 aliphatic rings. The second-order valence-electron chi connectivity index (χ2n) is 4.95. The van der Waals surface area contributed by atoms with Crippen molar-refractivity contribution < 1.29 is 4.74 Å². The molecule has 1 atom stereocenters. The zero-order chi connectivity index (χ0) is 14.3. The first-order chi connectivity index (χ1) is 9.02. The Hall–Kier alpha value is -1.59. The predicted molar refractivity (Wildman–Crippen MR) is 77.4 cm³/mol. The minimum Gasteiger partial charge on any atom is -0.460 e. The molecular formula is C13H25N5O. The smallest absolute Gasteiger partial charge is 0.323 e. The van der Waals surface area contributed by atoms with Crippen molar-refractivity contribution >= 4 is 11.9 Å². The zero-order valence-corrected chi connectivity index (χ0v) is 12.4. The van der Waals surface area contributed by atoms with Gasteiger partial charge < -0.3 is 15.4 Å². The van der Waals surface area contributed by atoms with E-state index in [0.29, 0.717) is 12.0 Å². The van der Waals surface area contributed by atoms with E-state index in [1.165, 1.54) is 19.3 Å². The van der Waals surface area contributed by atoms with Crippen molar-refractivity contribution in [3.8, 4) is 6.01 Å². The molecule has 1 unspecified atom stereocenters. The van der Waals surface area contributed by atoms with Gasteiger partial charge in [-0.15, -0.1) is 0 Å². The first kappa shape index (κ1) is 15.5. The largest absolute Gasteiger partial charge is 0.460 e. The molecule has 1 rings (SSSR count). The Labute approximate surface area is 115 Å². The number of hydrogen-bond acceptors (Lipinski definition) is 6. The summed E-state index contributed by atoms with van der Waals surface area (Å²) in [6, 6.07) is 0.305. The lowest BCUT2D eigenvalue weighted by atomic mass is 10.1. The number of hydrogen-bond donors (Lipinski definition) is 1. The molecule has 0 aromatic carbocycles. The van der Waals surface area contributed by atoms with Gasteiger partial charge in [0.05, 0.1) is 6.10 Å². The fraction of sp³-hybridized carbons (Fsp3) is 0.769. The predicted octanol–water partition coefficient (Wildman–Crippen LogP) is 2.26.